The zero-order valence-electron chi connectivity index (χ0n) is 17.0. The number of amides is 1. The molecule has 1 aromatic carbocycles. The van der Waals surface area contributed by atoms with Gasteiger partial charge in [-0.2, -0.15) is 5.10 Å². The number of pyridine rings is 2. The van der Waals surface area contributed by atoms with Crippen molar-refractivity contribution in [2.75, 3.05) is 10.6 Å². The van der Waals surface area contributed by atoms with Gasteiger partial charge >= 0.3 is 0 Å². The average molecular weight is 448 g/mol. The first-order valence-electron chi connectivity index (χ1n) is 9.59. The molecule has 2 N–H and O–H groups in total. The molecule has 5 aromatic rings. The molecule has 0 aliphatic heterocycles. The molecular weight excluding hydrogens is 434 g/mol. The Morgan fingerprint density at radius 1 is 1.03 bits per heavy atom. The van der Waals surface area contributed by atoms with E-state index in [1.807, 2.05) is 0 Å². The van der Waals surface area contributed by atoms with Gasteiger partial charge in [0.1, 0.15) is 29.7 Å². The monoisotopic (exact) mass is 448 g/mol. The van der Waals surface area contributed by atoms with Crippen molar-refractivity contribution in [2.24, 2.45) is 0 Å². The number of anilines is 3. The van der Waals surface area contributed by atoms with Crippen molar-refractivity contribution in [3.8, 4) is 11.5 Å². The maximum atomic E-state index is 14.8. The number of rotatable bonds is 5. The van der Waals surface area contributed by atoms with Crippen LogP contribution in [0.25, 0.3) is 16.7 Å². The molecule has 1 amide bonds. The smallest absolute Gasteiger partial charge is 0.222 e. The molecule has 0 fully saturated rings. The predicted molar refractivity (Wildman–Crippen MR) is 114 cm³/mol. The minimum Gasteiger partial charge on any atom is -0.454 e. The topological polar surface area (TPSA) is 119 Å². The number of fused-ring (bicyclic) bond motifs is 2. The van der Waals surface area contributed by atoms with Crippen molar-refractivity contribution < 1.29 is 18.3 Å². The van der Waals surface area contributed by atoms with Crippen LogP contribution in [0, 0.1) is 11.6 Å². The normalized spacial score (nSPS) is 11.0. The lowest BCUT2D eigenvalue weighted by Gasteiger charge is -2.12. The van der Waals surface area contributed by atoms with Crippen LogP contribution in [0.4, 0.5) is 26.1 Å². The second kappa shape index (κ2) is 8.07. The number of hydrogen-bond acceptors (Lipinski definition) is 8. The third-order valence-electron chi connectivity index (χ3n) is 4.54. The highest BCUT2D eigenvalue weighted by Crippen LogP contribution is 2.31. The maximum absolute atomic E-state index is 14.8. The summed E-state index contributed by atoms with van der Waals surface area (Å²) < 4.78 is 36.6. The van der Waals surface area contributed by atoms with E-state index in [9.17, 15) is 13.6 Å². The van der Waals surface area contributed by atoms with Crippen LogP contribution >= 0.6 is 0 Å². The molecule has 0 saturated carbocycles. The molecule has 4 heterocycles. The van der Waals surface area contributed by atoms with Gasteiger partial charge in [0, 0.05) is 31.3 Å². The fraction of sp³-hybridized carbons (Fsp3) is 0.0476. The Bertz CT molecular complexity index is 1520. The van der Waals surface area contributed by atoms with Gasteiger partial charge in [-0.25, -0.2) is 33.2 Å². The third kappa shape index (κ3) is 4.08. The Balaban J connectivity index is 1.45. The largest absolute Gasteiger partial charge is 0.454 e. The SMILES string of the molecule is CC(=O)Nc1ccc2ncnc(Nc3cc(F)c(Oc4ccn5ncnc5c4)cc3F)c2n1. The van der Waals surface area contributed by atoms with Crippen LogP contribution in [-0.2, 0) is 4.79 Å². The Hall–Kier alpha value is -4.74. The van der Waals surface area contributed by atoms with Crippen molar-refractivity contribution in [3.63, 3.8) is 0 Å². The van der Waals surface area contributed by atoms with E-state index in [-0.39, 0.29) is 40.2 Å². The molecule has 33 heavy (non-hydrogen) atoms. The molecule has 12 heteroatoms. The van der Waals surface area contributed by atoms with Gasteiger partial charge < -0.3 is 15.4 Å². The fourth-order valence-corrected chi connectivity index (χ4v) is 3.10. The van der Waals surface area contributed by atoms with Crippen LogP contribution in [0.1, 0.15) is 6.92 Å². The highest BCUT2D eigenvalue weighted by molar-refractivity contribution is 5.92. The van der Waals surface area contributed by atoms with E-state index >= 15 is 0 Å². The predicted octanol–water partition coefficient (Wildman–Crippen LogP) is 3.84. The summed E-state index contributed by atoms with van der Waals surface area (Å²) in [6.45, 7) is 1.35. The van der Waals surface area contributed by atoms with Gasteiger partial charge in [0.05, 0.1) is 11.2 Å². The summed E-state index contributed by atoms with van der Waals surface area (Å²) in [6.07, 6.45) is 4.21. The Morgan fingerprint density at radius 3 is 2.76 bits per heavy atom. The highest BCUT2D eigenvalue weighted by atomic mass is 19.1. The third-order valence-corrected chi connectivity index (χ3v) is 4.54. The Labute approximate surface area is 184 Å². The van der Waals surface area contributed by atoms with E-state index in [4.69, 9.17) is 4.74 Å². The Kier molecular flexibility index (Phi) is 4.94. The van der Waals surface area contributed by atoms with E-state index < -0.39 is 11.6 Å². The van der Waals surface area contributed by atoms with E-state index in [1.165, 1.54) is 24.1 Å². The zero-order valence-corrected chi connectivity index (χ0v) is 17.0. The zero-order chi connectivity index (χ0) is 22.9. The number of benzene rings is 1. The van der Waals surface area contributed by atoms with E-state index in [0.717, 1.165) is 12.1 Å². The van der Waals surface area contributed by atoms with Crippen LogP contribution in [0.5, 0.6) is 11.5 Å². The Morgan fingerprint density at radius 2 is 1.91 bits per heavy atom. The van der Waals surface area contributed by atoms with E-state index in [1.54, 1.807) is 30.5 Å². The second-order valence-corrected chi connectivity index (χ2v) is 6.88. The minimum absolute atomic E-state index is 0.136. The number of carbonyl (C=O) groups excluding carboxylic acids is 1. The van der Waals surface area contributed by atoms with Crippen molar-refractivity contribution in [1.82, 2.24) is 29.5 Å². The molecule has 5 rings (SSSR count). The summed E-state index contributed by atoms with van der Waals surface area (Å²) in [7, 11) is 0. The summed E-state index contributed by atoms with van der Waals surface area (Å²) in [4.78, 5) is 27.8. The quantitative estimate of drug-likeness (QED) is 0.416. The molecule has 164 valence electrons. The van der Waals surface area contributed by atoms with E-state index in [0.29, 0.717) is 11.2 Å². The lowest BCUT2D eigenvalue weighted by Crippen LogP contribution is -2.08. The number of hydrogen-bond donors (Lipinski definition) is 2. The van der Waals surface area contributed by atoms with Crippen molar-refractivity contribution >= 4 is 39.9 Å². The summed E-state index contributed by atoms with van der Waals surface area (Å²) in [5.41, 5.74) is 1.03. The number of aromatic nitrogens is 6. The second-order valence-electron chi connectivity index (χ2n) is 6.88. The molecular formula is C21H14F2N8O2. The lowest BCUT2D eigenvalue weighted by atomic mass is 10.2. The average Bonchev–Trinajstić information content (AvgIpc) is 3.25. The first-order valence-corrected chi connectivity index (χ1v) is 9.59. The van der Waals surface area contributed by atoms with Gasteiger partial charge in [0.2, 0.25) is 5.91 Å². The van der Waals surface area contributed by atoms with Crippen LogP contribution in [0.15, 0.2) is 55.2 Å². The van der Waals surface area contributed by atoms with Crippen LogP contribution < -0.4 is 15.4 Å². The number of halogens is 2. The number of carbonyl (C=O) groups is 1. The van der Waals surface area contributed by atoms with Crippen molar-refractivity contribution in [3.05, 3.63) is 66.9 Å². The van der Waals surface area contributed by atoms with Gasteiger partial charge in [-0.1, -0.05) is 0 Å². The number of nitrogens with one attached hydrogen (secondary N) is 2. The molecule has 0 saturated heterocycles. The molecule has 0 bridgehead atoms. The van der Waals surface area contributed by atoms with Crippen molar-refractivity contribution in [2.45, 2.75) is 6.92 Å². The standard InChI is InChI=1S/C21H14F2N8O2/c1-11(32)28-18-3-2-15-20(30-18)21(26-9-24-15)29-16-7-14(23)17(8-13(16)22)33-12-4-5-31-19(6-12)25-10-27-31/h2-10H,1H3,(H,24,26,29)(H,28,30,32). The van der Waals surface area contributed by atoms with Crippen LogP contribution in [0.3, 0.4) is 0 Å². The number of nitrogens with zero attached hydrogens (tertiary/aromatic N) is 6. The highest BCUT2D eigenvalue weighted by Gasteiger charge is 2.15. The minimum atomic E-state index is -0.800. The first-order chi connectivity index (χ1) is 16.0. The summed E-state index contributed by atoms with van der Waals surface area (Å²) in [5, 5.41) is 9.25. The summed E-state index contributed by atoms with van der Waals surface area (Å²) in [6, 6.07) is 8.17. The molecule has 0 atom stereocenters. The molecule has 0 radical (unpaired) electrons. The molecule has 4 aromatic heterocycles. The van der Waals surface area contributed by atoms with Gasteiger partial charge in [-0.05, 0) is 18.2 Å². The van der Waals surface area contributed by atoms with E-state index in [2.05, 4.69) is 35.7 Å². The summed E-state index contributed by atoms with van der Waals surface area (Å²) in [5.74, 6) is -1.51. The van der Waals surface area contributed by atoms with Crippen molar-refractivity contribution in [1.29, 1.82) is 0 Å². The molecule has 0 aliphatic carbocycles. The molecule has 10 nitrogen and oxygen atoms in total. The van der Waals surface area contributed by atoms with Crippen LogP contribution in [-0.4, -0.2) is 35.5 Å². The van der Waals surface area contributed by atoms with Gasteiger partial charge in [0.25, 0.3) is 0 Å². The molecule has 0 aliphatic rings. The maximum Gasteiger partial charge on any atom is 0.222 e. The molecule has 0 spiro atoms. The van der Waals surface area contributed by atoms with Gasteiger partial charge in [-0.3, -0.25) is 4.79 Å². The van der Waals surface area contributed by atoms with Gasteiger partial charge in [-0.15, -0.1) is 0 Å². The first kappa shape index (κ1) is 20.2. The fourth-order valence-electron chi connectivity index (χ4n) is 3.10. The number of ether oxygens (including phenoxy) is 1. The lowest BCUT2D eigenvalue weighted by molar-refractivity contribution is -0.114. The van der Waals surface area contributed by atoms with Crippen LogP contribution in [0.2, 0.25) is 0 Å². The van der Waals surface area contributed by atoms with Gasteiger partial charge in [0.15, 0.2) is 28.8 Å². The molecule has 0 unspecified atom stereocenters. The summed E-state index contributed by atoms with van der Waals surface area (Å²) >= 11 is 0.